The van der Waals surface area contributed by atoms with E-state index in [1.165, 1.54) is 5.56 Å². The highest BCUT2D eigenvalue weighted by Crippen LogP contribution is 2.25. The first-order valence-electron chi connectivity index (χ1n) is 10.1. The molecular formula is C24H32N2O2S. The van der Waals surface area contributed by atoms with Crippen molar-refractivity contribution < 1.29 is 9.53 Å². The smallest absolute Gasteiger partial charge is 0.226 e. The Balaban J connectivity index is 1.73. The van der Waals surface area contributed by atoms with Crippen LogP contribution < -0.4 is 15.4 Å². The molecule has 2 aromatic carbocycles. The lowest BCUT2D eigenvalue weighted by molar-refractivity contribution is -0.119. The van der Waals surface area contributed by atoms with Crippen molar-refractivity contribution in [2.45, 2.75) is 58.8 Å². The summed E-state index contributed by atoms with van der Waals surface area (Å²) in [6.45, 7) is 11.3. The molecule has 5 heteroatoms. The molecule has 0 spiro atoms. The molecule has 0 radical (unpaired) electrons. The molecule has 0 heterocycles. The highest BCUT2D eigenvalue weighted by molar-refractivity contribution is 7.80. The van der Waals surface area contributed by atoms with E-state index in [0.29, 0.717) is 30.5 Å². The minimum atomic E-state index is -0.115. The Bertz CT molecular complexity index is 824. The van der Waals surface area contributed by atoms with Crippen LogP contribution in [0.15, 0.2) is 48.5 Å². The molecule has 2 N–H and O–H groups in total. The number of thiocarbonyl (C=S) groups is 1. The first-order valence-corrected chi connectivity index (χ1v) is 10.5. The second kappa shape index (κ2) is 10.4. The summed E-state index contributed by atoms with van der Waals surface area (Å²) in [5.74, 6) is 1.07. The third-order valence-corrected chi connectivity index (χ3v) is 4.83. The Morgan fingerprint density at radius 3 is 2.34 bits per heavy atom. The Morgan fingerprint density at radius 2 is 1.72 bits per heavy atom. The molecule has 156 valence electrons. The fraction of sp³-hybridized carbons (Fsp3) is 0.417. The highest BCUT2D eigenvalue weighted by atomic mass is 32.1. The molecular weight excluding hydrogens is 380 g/mol. The van der Waals surface area contributed by atoms with Gasteiger partial charge < -0.3 is 15.4 Å². The van der Waals surface area contributed by atoms with Gasteiger partial charge in [-0.05, 0) is 59.3 Å². The number of carbonyl (C=O) groups is 1. The van der Waals surface area contributed by atoms with Gasteiger partial charge in [-0.25, -0.2) is 0 Å². The SMILES string of the molecule is CC(C)c1ccccc1NC(=S)NC(=O)CCCOc1ccc(C(C)(C)C)cc1. The topological polar surface area (TPSA) is 50.4 Å². The van der Waals surface area contributed by atoms with E-state index < -0.39 is 0 Å². The number of anilines is 1. The van der Waals surface area contributed by atoms with Gasteiger partial charge in [0.05, 0.1) is 6.61 Å². The minimum absolute atomic E-state index is 0.115. The maximum absolute atomic E-state index is 12.1. The molecule has 0 atom stereocenters. The molecule has 0 saturated carbocycles. The Kier molecular flexibility index (Phi) is 8.21. The van der Waals surface area contributed by atoms with E-state index in [1.54, 1.807) is 0 Å². The fourth-order valence-electron chi connectivity index (χ4n) is 2.93. The second-order valence-electron chi connectivity index (χ2n) is 8.47. The van der Waals surface area contributed by atoms with Crippen molar-refractivity contribution in [2.24, 2.45) is 0 Å². The third-order valence-electron chi connectivity index (χ3n) is 4.62. The van der Waals surface area contributed by atoms with Crippen molar-refractivity contribution in [1.29, 1.82) is 0 Å². The van der Waals surface area contributed by atoms with Gasteiger partial charge in [0.15, 0.2) is 5.11 Å². The monoisotopic (exact) mass is 412 g/mol. The highest BCUT2D eigenvalue weighted by Gasteiger charge is 2.13. The Labute approximate surface area is 180 Å². The lowest BCUT2D eigenvalue weighted by Gasteiger charge is -2.19. The van der Waals surface area contributed by atoms with Crippen molar-refractivity contribution in [3.63, 3.8) is 0 Å². The molecule has 2 rings (SSSR count). The molecule has 0 aliphatic rings. The van der Waals surface area contributed by atoms with Crippen LogP contribution in [0, 0.1) is 0 Å². The molecule has 0 aliphatic heterocycles. The van der Waals surface area contributed by atoms with Crippen LogP contribution in [0.1, 0.15) is 64.5 Å². The normalized spacial score (nSPS) is 11.2. The van der Waals surface area contributed by atoms with E-state index in [9.17, 15) is 4.79 Å². The van der Waals surface area contributed by atoms with E-state index in [4.69, 9.17) is 17.0 Å². The number of nitrogens with one attached hydrogen (secondary N) is 2. The third kappa shape index (κ3) is 7.50. The Hall–Kier alpha value is -2.40. The molecule has 0 aromatic heterocycles. The molecule has 4 nitrogen and oxygen atoms in total. The van der Waals surface area contributed by atoms with Crippen LogP contribution in [-0.2, 0) is 10.2 Å². The maximum atomic E-state index is 12.1. The van der Waals surface area contributed by atoms with E-state index in [2.05, 4.69) is 63.5 Å². The van der Waals surface area contributed by atoms with Crippen molar-refractivity contribution in [3.05, 3.63) is 59.7 Å². The van der Waals surface area contributed by atoms with Crippen molar-refractivity contribution in [1.82, 2.24) is 5.32 Å². The molecule has 0 aliphatic carbocycles. The van der Waals surface area contributed by atoms with Crippen LogP contribution in [-0.4, -0.2) is 17.6 Å². The number of amides is 1. The standard InChI is InChI=1S/C24H32N2O2S/c1-17(2)20-9-6-7-10-21(20)25-23(29)26-22(27)11-8-16-28-19-14-12-18(13-15-19)24(3,4)5/h6-7,9-10,12-15,17H,8,11,16H2,1-5H3,(H2,25,26,27,29). The summed E-state index contributed by atoms with van der Waals surface area (Å²) in [5.41, 5.74) is 3.48. The van der Waals surface area contributed by atoms with Gasteiger partial charge in [-0.3, -0.25) is 4.79 Å². The summed E-state index contributed by atoms with van der Waals surface area (Å²) in [6, 6.07) is 16.1. The van der Waals surface area contributed by atoms with Gasteiger partial charge in [-0.2, -0.15) is 0 Å². The van der Waals surface area contributed by atoms with Gasteiger partial charge in [-0.1, -0.05) is 65.0 Å². The van der Waals surface area contributed by atoms with E-state index in [1.807, 2.05) is 30.3 Å². The van der Waals surface area contributed by atoms with Crippen LogP contribution in [0.25, 0.3) is 0 Å². The van der Waals surface area contributed by atoms with Gasteiger partial charge in [0.1, 0.15) is 5.75 Å². The number of carbonyl (C=O) groups excluding carboxylic acids is 1. The van der Waals surface area contributed by atoms with Crippen LogP contribution in [0.2, 0.25) is 0 Å². The summed E-state index contributed by atoms with van der Waals surface area (Å²) in [7, 11) is 0. The molecule has 0 saturated heterocycles. The number of hydrogen-bond donors (Lipinski definition) is 2. The Morgan fingerprint density at radius 1 is 1.07 bits per heavy atom. The minimum Gasteiger partial charge on any atom is -0.494 e. The molecule has 0 unspecified atom stereocenters. The summed E-state index contributed by atoms with van der Waals surface area (Å²) < 4.78 is 5.74. The van der Waals surface area contributed by atoms with Crippen molar-refractivity contribution in [2.75, 3.05) is 11.9 Å². The number of ether oxygens (including phenoxy) is 1. The summed E-state index contributed by atoms with van der Waals surface area (Å²) in [6.07, 6.45) is 0.978. The zero-order valence-electron chi connectivity index (χ0n) is 18.0. The van der Waals surface area contributed by atoms with E-state index in [0.717, 1.165) is 17.0 Å². The van der Waals surface area contributed by atoms with Gasteiger partial charge in [-0.15, -0.1) is 0 Å². The number of rotatable bonds is 7. The molecule has 0 fully saturated rings. The van der Waals surface area contributed by atoms with E-state index >= 15 is 0 Å². The first-order chi connectivity index (χ1) is 13.7. The molecule has 0 bridgehead atoms. The predicted molar refractivity (Wildman–Crippen MR) is 125 cm³/mol. The van der Waals surface area contributed by atoms with Gasteiger partial charge >= 0.3 is 0 Å². The summed E-state index contributed by atoms with van der Waals surface area (Å²) in [4.78, 5) is 12.1. The quantitative estimate of drug-likeness (QED) is 0.447. The molecule has 29 heavy (non-hydrogen) atoms. The van der Waals surface area contributed by atoms with Crippen molar-refractivity contribution >= 4 is 28.9 Å². The van der Waals surface area contributed by atoms with Crippen LogP contribution in [0.3, 0.4) is 0 Å². The van der Waals surface area contributed by atoms with Crippen molar-refractivity contribution in [3.8, 4) is 5.75 Å². The predicted octanol–water partition coefficient (Wildman–Crippen LogP) is 5.78. The molecule has 2 aromatic rings. The summed E-state index contributed by atoms with van der Waals surface area (Å²) in [5, 5.41) is 6.19. The largest absolute Gasteiger partial charge is 0.494 e. The zero-order valence-corrected chi connectivity index (χ0v) is 18.9. The van der Waals surface area contributed by atoms with E-state index in [-0.39, 0.29) is 11.3 Å². The van der Waals surface area contributed by atoms with Gasteiger partial charge in [0.25, 0.3) is 0 Å². The second-order valence-corrected chi connectivity index (χ2v) is 8.88. The molecule has 1 amide bonds. The van der Waals surface area contributed by atoms with Crippen LogP contribution >= 0.6 is 12.2 Å². The number of benzene rings is 2. The number of hydrogen-bond acceptors (Lipinski definition) is 3. The average Bonchev–Trinajstić information content (AvgIpc) is 2.65. The maximum Gasteiger partial charge on any atom is 0.226 e. The van der Waals surface area contributed by atoms with Gasteiger partial charge in [0.2, 0.25) is 5.91 Å². The zero-order chi connectivity index (χ0) is 21.4. The van der Waals surface area contributed by atoms with Crippen LogP contribution in [0.5, 0.6) is 5.75 Å². The van der Waals surface area contributed by atoms with Gasteiger partial charge in [0, 0.05) is 12.1 Å². The lowest BCUT2D eigenvalue weighted by atomic mass is 9.87. The lowest BCUT2D eigenvalue weighted by Crippen LogP contribution is -2.34. The average molecular weight is 413 g/mol. The number of para-hydroxylation sites is 1. The fourth-order valence-corrected chi connectivity index (χ4v) is 3.15. The van der Waals surface area contributed by atoms with Crippen LogP contribution in [0.4, 0.5) is 5.69 Å². The summed E-state index contributed by atoms with van der Waals surface area (Å²) >= 11 is 5.28. The first kappa shape index (κ1) is 22.9.